The average molecular weight is 234 g/mol. The van der Waals surface area contributed by atoms with Crippen molar-refractivity contribution in [2.24, 2.45) is 11.8 Å². The Hall–Kier alpha value is -0.830. The molecule has 17 heavy (non-hydrogen) atoms. The van der Waals surface area contributed by atoms with Crippen LogP contribution >= 0.6 is 0 Å². The minimum atomic E-state index is 0.398. The minimum absolute atomic E-state index is 0.398. The molecule has 0 aromatic heterocycles. The molecule has 0 radical (unpaired) electrons. The Bertz CT molecular complexity index is 328. The third-order valence-corrected chi connectivity index (χ3v) is 4.82. The lowest BCUT2D eigenvalue weighted by Gasteiger charge is -2.52. The van der Waals surface area contributed by atoms with Crippen LogP contribution in [0, 0.1) is 11.8 Å². The fourth-order valence-corrected chi connectivity index (χ4v) is 3.98. The summed E-state index contributed by atoms with van der Waals surface area (Å²) in [6.45, 7) is 5.90. The molecule has 1 unspecified atom stereocenters. The van der Waals surface area contributed by atoms with Gasteiger partial charge in [-0.05, 0) is 37.5 Å². The maximum atomic E-state index is 12.0. The Kier molecular flexibility index (Phi) is 2.95. The maximum Gasteiger partial charge on any atom is 0.222 e. The smallest absolute Gasteiger partial charge is 0.222 e. The van der Waals surface area contributed by atoms with Gasteiger partial charge in [0.15, 0.2) is 0 Å². The SMILES string of the molecule is C=CCC1NC[C@@H]2C[C@H]1CN1C(=O)CCC[C@H]21. The number of hydrogen-bond donors (Lipinski definition) is 1. The molecule has 3 aliphatic rings. The molecular weight excluding hydrogens is 212 g/mol. The number of nitrogens with zero attached hydrogens (tertiary/aromatic N) is 1. The van der Waals surface area contributed by atoms with Gasteiger partial charge in [0, 0.05) is 31.6 Å². The molecule has 3 nitrogen and oxygen atoms in total. The number of fused-ring (bicyclic) bond motifs is 4. The van der Waals surface area contributed by atoms with Crippen LogP contribution in [0.15, 0.2) is 12.7 Å². The van der Waals surface area contributed by atoms with Crippen LogP contribution in [0.3, 0.4) is 0 Å². The quantitative estimate of drug-likeness (QED) is 0.735. The highest BCUT2D eigenvalue weighted by atomic mass is 16.2. The zero-order chi connectivity index (χ0) is 11.8. The van der Waals surface area contributed by atoms with E-state index in [9.17, 15) is 4.79 Å². The van der Waals surface area contributed by atoms with E-state index in [1.165, 1.54) is 12.8 Å². The van der Waals surface area contributed by atoms with Gasteiger partial charge in [0.25, 0.3) is 0 Å². The average Bonchev–Trinajstić information content (AvgIpc) is 2.34. The normalized spacial score (nSPS) is 40.9. The summed E-state index contributed by atoms with van der Waals surface area (Å²) >= 11 is 0. The van der Waals surface area contributed by atoms with Crippen LogP contribution in [-0.2, 0) is 4.79 Å². The number of rotatable bonds is 2. The lowest BCUT2D eigenvalue weighted by Crippen LogP contribution is -2.62. The molecule has 3 fully saturated rings. The van der Waals surface area contributed by atoms with E-state index in [0.717, 1.165) is 32.4 Å². The molecule has 1 N–H and O–H groups in total. The molecule has 1 amide bonds. The van der Waals surface area contributed by atoms with Crippen LogP contribution in [-0.4, -0.2) is 36.0 Å². The van der Waals surface area contributed by atoms with Crippen LogP contribution in [0.2, 0.25) is 0 Å². The second kappa shape index (κ2) is 4.45. The van der Waals surface area contributed by atoms with Gasteiger partial charge in [-0.3, -0.25) is 4.79 Å². The van der Waals surface area contributed by atoms with Gasteiger partial charge in [-0.2, -0.15) is 0 Å². The summed E-state index contributed by atoms with van der Waals surface area (Å²) in [6.07, 6.45) is 7.43. The first kappa shape index (κ1) is 11.3. The third kappa shape index (κ3) is 1.90. The molecule has 0 aromatic carbocycles. The van der Waals surface area contributed by atoms with Crippen molar-refractivity contribution in [1.82, 2.24) is 10.2 Å². The second-order valence-electron chi connectivity index (χ2n) is 5.80. The van der Waals surface area contributed by atoms with Gasteiger partial charge in [0.2, 0.25) is 5.91 Å². The van der Waals surface area contributed by atoms with Gasteiger partial charge in [0.1, 0.15) is 0 Å². The fourth-order valence-electron chi connectivity index (χ4n) is 3.98. The van der Waals surface area contributed by atoms with Crippen LogP contribution < -0.4 is 5.32 Å². The van der Waals surface area contributed by atoms with Crippen molar-refractivity contribution in [3.63, 3.8) is 0 Å². The van der Waals surface area contributed by atoms with Crippen molar-refractivity contribution in [3.05, 3.63) is 12.7 Å². The van der Waals surface area contributed by atoms with E-state index in [-0.39, 0.29) is 0 Å². The summed E-state index contributed by atoms with van der Waals surface area (Å²) in [5.74, 6) is 1.74. The molecule has 0 spiro atoms. The molecule has 0 saturated carbocycles. The zero-order valence-corrected chi connectivity index (χ0v) is 10.4. The predicted octanol–water partition coefficient (Wildman–Crippen LogP) is 1.55. The zero-order valence-electron chi connectivity index (χ0n) is 10.4. The molecule has 0 aliphatic carbocycles. The summed E-state index contributed by atoms with van der Waals surface area (Å²) in [5.41, 5.74) is 0. The van der Waals surface area contributed by atoms with Crippen molar-refractivity contribution in [2.45, 2.75) is 44.2 Å². The predicted molar refractivity (Wildman–Crippen MR) is 67.6 cm³/mol. The monoisotopic (exact) mass is 234 g/mol. The Morgan fingerprint density at radius 2 is 2.35 bits per heavy atom. The number of hydrogen-bond acceptors (Lipinski definition) is 2. The number of amides is 1. The van der Waals surface area contributed by atoms with E-state index in [4.69, 9.17) is 0 Å². The molecule has 3 heteroatoms. The first-order valence-electron chi connectivity index (χ1n) is 6.93. The first-order chi connectivity index (χ1) is 8.29. The molecule has 0 aromatic rings. The summed E-state index contributed by atoms with van der Waals surface area (Å²) in [4.78, 5) is 14.2. The number of carbonyl (C=O) groups excluding carboxylic acids is 1. The number of nitrogens with one attached hydrogen (secondary N) is 1. The molecule has 3 saturated heterocycles. The molecule has 3 rings (SSSR count). The number of carbonyl (C=O) groups is 1. The molecule has 4 atom stereocenters. The van der Waals surface area contributed by atoms with Gasteiger partial charge in [-0.15, -0.1) is 6.58 Å². The van der Waals surface area contributed by atoms with E-state index in [2.05, 4.69) is 16.8 Å². The van der Waals surface area contributed by atoms with E-state index < -0.39 is 0 Å². The highest BCUT2D eigenvalue weighted by Crippen LogP contribution is 2.38. The summed E-state index contributed by atoms with van der Waals surface area (Å²) in [5, 5.41) is 3.66. The van der Waals surface area contributed by atoms with Gasteiger partial charge in [-0.25, -0.2) is 0 Å². The minimum Gasteiger partial charge on any atom is -0.339 e. The van der Waals surface area contributed by atoms with Crippen molar-refractivity contribution in [1.29, 1.82) is 0 Å². The summed E-state index contributed by atoms with van der Waals surface area (Å²) in [6, 6.07) is 1.07. The summed E-state index contributed by atoms with van der Waals surface area (Å²) in [7, 11) is 0. The second-order valence-corrected chi connectivity index (χ2v) is 5.80. The molecule has 94 valence electrons. The van der Waals surface area contributed by atoms with E-state index >= 15 is 0 Å². The van der Waals surface area contributed by atoms with Crippen LogP contribution in [0.4, 0.5) is 0 Å². The fraction of sp³-hybridized carbons (Fsp3) is 0.786. The molecule has 3 heterocycles. The van der Waals surface area contributed by atoms with Crippen LogP contribution in [0.25, 0.3) is 0 Å². The Morgan fingerprint density at radius 1 is 1.47 bits per heavy atom. The Labute approximate surface area is 103 Å². The largest absolute Gasteiger partial charge is 0.339 e. The van der Waals surface area contributed by atoms with Gasteiger partial charge < -0.3 is 10.2 Å². The van der Waals surface area contributed by atoms with E-state index in [0.29, 0.717) is 29.8 Å². The Balaban J connectivity index is 1.77. The van der Waals surface area contributed by atoms with Gasteiger partial charge in [-0.1, -0.05) is 6.08 Å². The van der Waals surface area contributed by atoms with Crippen molar-refractivity contribution in [2.75, 3.05) is 13.1 Å². The lowest BCUT2D eigenvalue weighted by atomic mass is 9.73. The lowest BCUT2D eigenvalue weighted by molar-refractivity contribution is -0.143. The maximum absolute atomic E-state index is 12.0. The van der Waals surface area contributed by atoms with E-state index in [1.807, 2.05) is 6.08 Å². The topological polar surface area (TPSA) is 32.3 Å². The van der Waals surface area contributed by atoms with Gasteiger partial charge >= 0.3 is 0 Å². The van der Waals surface area contributed by atoms with Crippen molar-refractivity contribution >= 4 is 5.91 Å². The number of piperidine rings is 3. The molecular formula is C14H22N2O. The highest BCUT2D eigenvalue weighted by molar-refractivity contribution is 5.77. The Morgan fingerprint density at radius 3 is 3.18 bits per heavy atom. The highest BCUT2D eigenvalue weighted by Gasteiger charge is 2.44. The molecule has 2 bridgehead atoms. The van der Waals surface area contributed by atoms with Crippen molar-refractivity contribution < 1.29 is 4.79 Å². The standard InChI is InChI=1S/C14H22N2O/c1-2-4-12-11-7-10(8-15-12)13-5-3-6-14(17)16(13)9-11/h2,10-13,15H,1,3-9H2/t10-,11-,12?,13+/m0/s1. The molecule has 3 aliphatic heterocycles. The van der Waals surface area contributed by atoms with E-state index in [1.54, 1.807) is 0 Å². The van der Waals surface area contributed by atoms with Crippen LogP contribution in [0.5, 0.6) is 0 Å². The first-order valence-corrected chi connectivity index (χ1v) is 6.93. The van der Waals surface area contributed by atoms with Gasteiger partial charge in [0.05, 0.1) is 0 Å². The van der Waals surface area contributed by atoms with Crippen LogP contribution in [0.1, 0.15) is 32.1 Å². The summed E-state index contributed by atoms with van der Waals surface area (Å²) < 4.78 is 0. The third-order valence-electron chi connectivity index (χ3n) is 4.82. The van der Waals surface area contributed by atoms with Crippen molar-refractivity contribution in [3.8, 4) is 0 Å².